The summed E-state index contributed by atoms with van der Waals surface area (Å²) in [5.41, 5.74) is 1.74. The van der Waals surface area contributed by atoms with Gasteiger partial charge >= 0.3 is 0 Å². The summed E-state index contributed by atoms with van der Waals surface area (Å²) in [5, 5.41) is 3.01. The third-order valence-corrected chi connectivity index (χ3v) is 4.21. The van der Waals surface area contributed by atoms with Crippen molar-refractivity contribution in [1.29, 1.82) is 0 Å². The molecule has 6 nitrogen and oxygen atoms in total. The van der Waals surface area contributed by atoms with Crippen LogP contribution in [0.25, 0.3) is 0 Å². The minimum absolute atomic E-state index is 0.244. The first-order valence-corrected chi connectivity index (χ1v) is 8.36. The first-order chi connectivity index (χ1) is 13.2. The number of furan rings is 1. The topological polar surface area (TPSA) is 69.9 Å². The molecule has 3 aromatic rings. The van der Waals surface area contributed by atoms with E-state index in [1.165, 1.54) is 6.26 Å². The number of amides is 1. The Balaban J connectivity index is 1.99. The molecule has 0 bridgehead atoms. The Morgan fingerprint density at radius 1 is 0.889 bits per heavy atom. The van der Waals surface area contributed by atoms with E-state index in [9.17, 15) is 4.79 Å². The Bertz CT molecular complexity index is 887. The molecule has 0 aliphatic rings. The standard InChI is InChI=1S/C21H21NO5/c1-24-16-9-6-14(7-10-16)20(22-21(23)18-5-4-12-27-18)15-8-11-17(25-2)19(13-15)26-3/h4-13,20H,1-3H3,(H,22,23)/t20-/m0/s1. The Labute approximate surface area is 157 Å². The van der Waals surface area contributed by atoms with Crippen molar-refractivity contribution in [3.8, 4) is 17.2 Å². The zero-order valence-electron chi connectivity index (χ0n) is 15.4. The van der Waals surface area contributed by atoms with Crippen LogP contribution in [0.15, 0.2) is 65.3 Å². The number of carbonyl (C=O) groups excluding carboxylic acids is 1. The lowest BCUT2D eigenvalue weighted by Gasteiger charge is -2.21. The highest BCUT2D eigenvalue weighted by Gasteiger charge is 2.21. The van der Waals surface area contributed by atoms with Crippen molar-refractivity contribution in [2.75, 3.05) is 21.3 Å². The van der Waals surface area contributed by atoms with Gasteiger partial charge in [-0.15, -0.1) is 0 Å². The highest BCUT2D eigenvalue weighted by Crippen LogP contribution is 2.33. The predicted octanol–water partition coefficient (Wildman–Crippen LogP) is 3.82. The van der Waals surface area contributed by atoms with E-state index in [-0.39, 0.29) is 11.7 Å². The van der Waals surface area contributed by atoms with Gasteiger partial charge in [0, 0.05) is 0 Å². The van der Waals surface area contributed by atoms with Crippen molar-refractivity contribution in [1.82, 2.24) is 5.32 Å². The number of nitrogens with one attached hydrogen (secondary N) is 1. The van der Waals surface area contributed by atoms with Gasteiger partial charge in [0.15, 0.2) is 17.3 Å². The van der Waals surface area contributed by atoms with Gasteiger partial charge in [0.05, 0.1) is 33.6 Å². The van der Waals surface area contributed by atoms with Gasteiger partial charge in [-0.1, -0.05) is 18.2 Å². The van der Waals surface area contributed by atoms with Crippen LogP contribution in [0.3, 0.4) is 0 Å². The molecule has 6 heteroatoms. The van der Waals surface area contributed by atoms with Crippen LogP contribution in [-0.4, -0.2) is 27.2 Å². The van der Waals surface area contributed by atoms with Crippen LogP contribution in [0.5, 0.6) is 17.2 Å². The fourth-order valence-electron chi connectivity index (χ4n) is 2.80. The molecule has 140 valence electrons. The van der Waals surface area contributed by atoms with Gasteiger partial charge in [-0.3, -0.25) is 4.79 Å². The smallest absolute Gasteiger partial charge is 0.287 e. The number of hydrogen-bond donors (Lipinski definition) is 1. The number of hydrogen-bond acceptors (Lipinski definition) is 5. The Morgan fingerprint density at radius 3 is 2.19 bits per heavy atom. The molecule has 0 aliphatic carbocycles. The average Bonchev–Trinajstić information content (AvgIpc) is 3.26. The average molecular weight is 367 g/mol. The van der Waals surface area contributed by atoms with Crippen LogP contribution < -0.4 is 19.5 Å². The van der Waals surface area contributed by atoms with E-state index in [0.29, 0.717) is 11.5 Å². The maximum Gasteiger partial charge on any atom is 0.287 e. The number of methoxy groups -OCH3 is 3. The molecule has 0 spiro atoms. The summed E-state index contributed by atoms with van der Waals surface area (Å²) >= 11 is 0. The summed E-state index contributed by atoms with van der Waals surface area (Å²) in [6.07, 6.45) is 1.47. The van der Waals surface area contributed by atoms with Gasteiger partial charge in [-0.25, -0.2) is 0 Å². The molecule has 27 heavy (non-hydrogen) atoms. The second kappa shape index (κ2) is 8.31. The summed E-state index contributed by atoms with van der Waals surface area (Å²) in [4.78, 5) is 12.6. The quantitative estimate of drug-likeness (QED) is 0.687. The van der Waals surface area contributed by atoms with Crippen molar-refractivity contribution < 1.29 is 23.4 Å². The normalized spacial score (nSPS) is 11.5. The minimum atomic E-state index is -0.409. The zero-order valence-corrected chi connectivity index (χ0v) is 15.4. The second-order valence-electron chi connectivity index (χ2n) is 5.77. The van der Waals surface area contributed by atoms with Gasteiger partial charge in [0.25, 0.3) is 5.91 Å². The van der Waals surface area contributed by atoms with Gasteiger partial charge in [0.2, 0.25) is 0 Å². The molecular formula is C21H21NO5. The van der Waals surface area contributed by atoms with Crippen molar-refractivity contribution in [2.45, 2.75) is 6.04 Å². The van der Waals surface area contributed by atoms with Gasteiger partial charge < -0.3 is 23.9 Å². The molecule has 1 heterocycles. The number of benzene rings is 2. The van der Waals surface area contributed by atoms with E-state index in [1.54, 1.807) is 33.5 Å². The predicted molar refractivity (Wildman–Crippen MR) is 101 cm³/mol. The maximum absolute atomic E-state index is 12.6. The third kappa shape index (κ3) is 4.06. The van der Waals surface area contributed by atoms with Crippen molar-refractivity contribution in [2.24, 2.45) is 0 Å². The molecule has 0 saturated carbocycles. The van der Waals surface area contributed by atoms with Crippen LogP contribution in [0.2, 0.25) is 0 Å². The van der Waals surface area contributed by atoms with Gasteiger partial charge in [-0.05, 0) is 47.5 Å². The molecule has 0 fully saturated rings. The molecule has 1 N–H and O–H groups in total. The van der Waals surface area contributed by atoms with E-state index < -0.39 is 6.04 Å². The molecule has 2 aromatic carbocycles. The summed E-state index contributed by atoms with van der Waals surface area (Å²) in [6, 6.07) is 15.9. The molecule has 0 unspecified atom stereocenters. The molecule has 1 aromatic heterocycles. The maximum atomic E-state index is 12.6. The number of ether oxygens (including phenoxy) is 3. The van der Waals surface area contributed by atoms with Crippen LogP contribution in [0.1, 0.15) is 27.7 Å². The molecule has 1 atom stereocenters. The highest BCUT2D eigenvalue weighted by molar-refractivity contribution is 5.92. The van der Waals surface area contributed by atoms with Crippen molar-refractivity contribution in [3.05, 3.63) is 77.7 Å². The van der Waals surface area contributed by atoms with Crippen LogP contribution in [-0.2, 0) is 0 Å². The molecule has 3 rings (SSSR count). The first kappa shape index (κ1) is 18.4. The van der Waals surface area contributed by atoms with E-state index in [0.717, 1.165) is 16.9 Å². The summed E-state index contributed by atoms with van der Waals surface area (Å²) in [5.74, 6) is 1.87. The van der Waals surface area contributed by atoms with Crippen molar-refractivity contribution >= 4 is 5.91 Å². The molecule has 1 amide bonds. The Kier molecular flexibility index (Phi) is 5.66. The Hall–Kier alpha value is -3.41. The highest BCUT2D eigenvalue weighted by atomic mass is 16.5. The van der Waals surface area contributed by atoms with Crippen LogP contribution >= 0.6 is 0 Å². The first-order valence-electron chi connectivity index (χ1n) is 8.36. The summed E-state index contributed by atoms with van der Waals surface area (Å²) in [6.45, 7) is 0. The molecular weight excluding hydrogens is 346 g/mol. The third-order valence-electron chi connectivity index (χ3n) is 4.21. The van der Waals surface area contributed by atoms with Gasteiger partial charge in [-0.2, -0.15) is 0 Å². The molecule has 0 aliphatic heterocycles. The zero-order chi connectivity index (χ0) is 19.2. The molecule has 0 saturated heterocycles. The van der Waals surface area contributed by atoms with E-state index in [1.807, 2.05) is 42.5 Å². The fraction of sp³-hybridized carbons (Fsp3) is 0.190. The Morgan fingerprint density at radius 2 is 1.59 bits per heavy atom. The lowest BCUT2D eigenvalue weighted by molar-refractivity contribution is 0.0915. The monoisotopic (exact) mass is 367 g/mol. The van der Waals surface area contributed by atoms with Gasteiger partial charge in [0.1, 0.15) is 5.75 Å². The lowest BCUT2D eigenvalue weighted by atomic mass is 9.98. The largest absolute Gasteiger partial charge is 0.497 e. The van der Waals surface area contributed by atoms with E-state index in [4.69, 9.17) is 18.6 Å². The number of rotatable bonds is 7. The van der Waals surface area contributed by atoms with Crippen LogP contribution in [0.4, 0.5) is 0 Å². The SMILES string of the molecule is COc1ccc([C@H](NC(=O)c2ccco2)c2ccc(OC)c(OC)c2)cc1. The molecule has 0 radical (unpaired) electrons. The van der Waals surface area contributed by atoms with Crippen LogP contribution in [0, 0.1) is 0 Å². The lowest BCUT2D eigenvalue weighted by Crippen LogP contribution is -2.29. The fourth-order valence-corrected chi connectivity index (χ4v) is 2.80. The second-order valence-corrected chi connectivity index (χ2v) is 5.77. The minimum Gasteiger partial charge on any atom is -0.497 e. The van der Waals surface area contributed by atoms with E-state index in [2.05, 4.69) is 5.32 Å². The van der Waals surface area contributed by atoms with Crippen molar-refractivity contribution in [3.63, 3.8) is 0 Å². The number of carbonyl (C=O) groups is 1. The summed E-state index contributed by atoms with van der Waals surface area (Å²) in [7, 11) is 4.77. The van der Waals surface area contributed by atoms with E-state index >= 15 is 0 Å². The summed E-state index contributed by atoms with van der Waals surface area (Å²) < 4.78 is 21.1.